The fourth-order valence-electron chi connectivity index (χ4n) is 2.73. The third-order valence-corrected chi connectivity index (χ3v) is 6.69. The highest BCUT2D eigenvalue weighted by Crippen LogP contribution is 2.39. The molecule has 0 bridgehead atoms. The van der Waals surface area contributed by atoms with Crippen molar-refractivity contribution in [1.82, 2.24) is 4.31 Å². The Morgan fingerprint density at radius 2 is 1.95 bits per heavy atom. The maximum absolute atomic E-state index is 12.9. The molecule has 2 heterocycles. The van der Waals surface area contributed by atoms with Gasteiger partial charge in [-0.2, -0.15) is 4.31 Å². The summed E-state index contributed by atoms with van der Waals surface area (Å²) in [5.41, 5.74) is 5.69. The highest BCUT2D eigenvalue weighted by atomic mass is 79.9. The van der Waals surface area contributed by atoms with Crippen molar-refractivity contribution < 1.29 is 17.9 Å². The van der Waals surface area contributed by atoms with Gasteiger partial charge in [-0.15, -0.1) is 0 Å². The second-order valence-electron chi connectivity index (χ2n) is 5.07. The van der Waals surface area contributed by atoms with Gasteiger partial charge in [-0.3, -0.25) is 0 Å². The lowest BCUT2D eigenvalue weighted by Gasteiger charge is -2.25. The Kier molecular flexibility index (Phi) is 4.13. The average Bonchev–Trinajstić information content (AvgIpc) is 2.95. The van der Waals surface area contributed by atoms with Crippen LogP contribution in [0.15, 0.2) is 21.5 Å². The van der Waals surface area contributed by atoms with E-state index >= 15 is 0 Å². The number of fused-ring (bicyclic) bond motifs is 1. The summed E-state index contributed by atoms with van der Waals surface area (Å²) < 4.78 is 38.6. The molecular weight excluding hydrogens is 360 g/mol. The second kappa shape index (κ2) is 5.75. The van der Waals surface area contributed by atoms with E-state index in [1.54, 1.807) is 6.07 Å². The van der Waals surface area contributed by atoms with Crippen molar-refractivity contribution in [3.8, 4) is 11.5 Å². The smallest absolute Gasteiger partial charge is 0.244 e. The van der Waals surface area contributed by atoms with Crippen molar-refractivity contribution >= 4 is 26.0 Å². The SMILES string of the molecule is NC[C@@H]1CCCN1S(=O)(=O)c1cc2c(cc1Br)OCCO2. The molecule has 1 fully saturated rings. The number of nitrogens with two attached hydrogens (primary N) is 1. The minimum absolute atomic E-state index is 0.130. The topological polar surface area (TPSA) is 81.9 Å². The zero-order valence-corrected chi connectivity index (χ0v) is 13.8. The van der Waals surface area contributed by atoms with Gasteiger partial charge < -0.3 is 15.2 Å². The highest BCUT2D eigenvalue weighted by Gasteiger charge is 2.36. The fraction of sp³-hybridized carbons (Fsp3) is 0.538. The third-order valence-electron chi connectivity index (χ3n) is 3.78. The van der Waals surface area contributed by atoms with E-state index < -0.39 is 10.0 Å². The molecule has 1 aromatic rings. The summed E-state index contributed by atoms with van der Waals surface area (Å²) >= 11 is 3.33. The first-order chi connectivity index (χ1) is 10.0. The van der Waals surface area contributed by atoms with Gasteiger partial charge in [0.2, 0.25) is 10.0 Å². The number of benzene rings is 1. The summed E-state index contributed by atoms with van der Waals surface area (Å²) in [5, 5.41) is 0. The molecule has 0 saturated carbocycles. The van der Waals surface area contributed by atoms with E-state index in [4.69, 9.17) is 15.2 Å². The summed E-state index contributed by atoms with van der Waals surface area (Å²) in [4.78, 5) is 0.201. The molecule has 0 radical (unpaired) electrons. The first-order valence-electron chi connectivity index (χ1n) is 6.85. The van der Waals surface area contributed by atoms with Gasteiger partial charge in [-0.25, -0.2) is 8.42 Å². The fourth-order valence-corrected chi connectivity index (χ4v) is 5.43. The predicted octanol–water partition coefficient (Wildman–Crippen LogP) is 1.33. The summed E-state index contributed by atoms with van der Waals surface area (Å²) in [6.07, 6.45) is 1.64. The zero-order valence-electron chi connectivity index (χ0n) is 11.4. The Morgan fingerprint density at radius 1 is 1.29 bits per heavy atom. The summed E-state index contributed by atoms with van der Waals surface area (Å²) in [6, 6.07) is 3.05. The molecule has 0 spiro atoms. The van der Waals surface area contributed by atoms with E-state index in [1.165, 1.54) is 10.4 Å². The van der Waals surface area contributed by atoms with Crippen LogP contribution in [0.1, 0.15) is 12.8 Å². The van der Waals surface area contributed by atoms with Gasteiger partial charge in [-0.1, -0.05) is 0 Å². The van der Waals surface area contributed by atoms with E-state index in [9.17, 15) is 8.42 Å². The highest BCUT2D eigenvalue weighted by molar-refractivity contribution is 9.10. The molecule has 1 atom stereocenters. The first-order valence-corrected chi connectivity index (χ1v) is 9.08. The molecule has 0 aliphatic carbocycles. The van der Waals surface area contributed by atoms with Crippen molar-refractivity contribution in [2.24, 2.45) is 5.73 Å². The van der Waals surface area contributed by atoms with Crippen LogP contribution in [0, 0.1) is 0 Å². The Hall–Kier alpha value is -0.830. The van der Waals surface area contributed by atoms with Gasteiger partial charge in [0.05, 0.1) is 0 Å². The zero-order chi connectivity index (χ0) is 15.0. The van der Waals surface area contributed by atoms with Gasteiger partial charge in [0, 0.05) is 29.7 Å². The minimum atomic E-state index is -3.59. The van der Waals surface area contributed by atoms with E-state index in [0.717, 1.165) is 12.8 Å². The van der Waals surface area contributed by atoms with Crippen LogP contribution in [0.2, 0.25) is 0 Å². The number of rotatable bonds is 3. The Labute approximate surface area is 132 Å². The van der Waals surface area contributed by atoms with Crippen molar-refractivity contribution in [3.05, 3.63) is 16.6 Å². The van der Waals surface area contributed by atoms with Gasteiger partial charge in [0.15, 0.2) is 11.5 Å². The lowest BCUT2D eigenvalue weighted by atomic mass is 10.2. The second-order valence-corrected chi connectivity index (χ2v) is 7.79. The normalized spacial score (nSPS) is 22.5. The number of sulfonamides is 1. The molecule has 0 aromatic heterocycles. The van der Waals surface area contributed by atoms with Crippen LogP contribution in [0.4, 0.5) is 0 Å². The average molecular weight is 377 g/mol. The van der Waals surface area contributed by atoms with Gasteiger partial charge >= 0.3 is 0 Å². The van der Waals surface area contributed by atoms with Crippen LogP contribution >= 0.6 is 15.9 Å². The molecule has 2 N–H and O–H groups in total. The first kappa shape index (κ1) is 15.1. The number of ether oxygens (including phenoxy) is 2. The third kappa shape index (κ3) is 2.65. The number of hydrogen-bond acceptors (Lipinski definition) is 5. The van der Waals surface area contributed by atoms with Crippen LogP contribution in [0.25, 0.3) is 0 Å². The van der Waals surface area contributed by atoms with Crippen molar-refractivity contribution in [2.45, 2.75) is 23.8 Å². The Balaban J connectivity index is 2.02. The van der Waals surface area contributed by atoms with Crippen molar-refractivity contribution in [1.29, 1.82) is 0 Å². The van der Waals surface area contributed by atoms with Gasteiger partial charge in [0.25, 0.3) is 0 Å². The molecule has 6 nitrogen and oxygen atoms in total. The molecule has 2 aliphatic rings. The molecular formula is C13H17BrN2O4S. The van der Waals surface area contributed by atoms with Crippen molar-refractivity contribution in [2.75, 3.05) is 26.3 Å². The quantitative estimate of drug-likeness (QED) is 0.860. The van der Waals surface area contributed by atoms with Crippen LogP contribution in [-0.4, -0.2) is 45.1 Å². The molecule has 3 rings (SSSR count). The molecule has 1 aromatic carbocycles. The lowest BCUT2D eigenvalue weighted by Crippen LogP contribution is -2.40. The lowest BCUT2D eigenvalue weighted by molar-refractivity contribution is 0.171. The van der Waals surface area contributed by atoms with E-state index in [1.807, 2.05) is 0 Å². The molecule has 116 valence electrons. The van der Waals surface area contributed by atoms with E-state index in [0.29, 0.717) is 42.3 Å². The molecule has 0 unspecified atom stereocenters. The molecule has 8 heteroatoms. The minimum Gasteiger partial charge on any atom is -0.486 e. The standard InChI is InChI=1S/C13H17BrN2O4S/c14-10-6-11-12(20-5-4-19-11)7-13(10)21(17,18)16-3-1-2-9(16)8-15/h6-7,9H,1-5,8,15H2/t9-/m0/s1. The molecule has 1 saturated heterocycles. The van der Waals surface area contributed by atoms with Crippen LogP contribution in [-0.2, 0) is 10.0 Å². The van der Waals surface area contributed by atoms with Crippen LogP contribution in [0.5, 0.6) is 11.5 Å². The van der Waals surface area contributed by atoms with Crippen molar-refractivity contribution in [3.63, 3.8) is 0 Å². The monoisotopic (exact) mass is 376 g/mol. The molecule has 21 heavy (non-hydrogen) atoms. The molecule has 2 aliphatic heterocycles. The number of hydrogen-bond donors (Lipinski definition) is 1. The number of halogens is 1. The van der Waals surface area contributed by atoms with Gasteiger partial charge in [-0.05, 0) is 34.8 Å². The Morgan fingerprint density at radius 3 is 2.62 bits per heavy atom. The molecule has 0 amide bonds. The maximum atomic E-state index is 12.9. The van der Waals surface area contributed by atoms with Gasteiger partial charge in [0.1, 0.15) is 18.1 Å². The van der Waals surface area contributed by atoms with E-state index in [2.05, 4.69) is 15.9 Å². The Bertz CT molecular complexity index is 650. The number of nitrogens with zero attached hydrogens (tertiary/aromatic N) is 1. The summed E-state index contributed by atoms with van der Waals surface area (Å²) in [6.45, 7) is 1.72. The van der Waals surface area contributed by atoms with E-state index in [-0.39, 0.29) is 10.9 Å². The largest absolute Gasteiger partial charge is 0.486 e. The predicted molar refractivity (Wildman–Crippen MR) is 81.1 cm³/mol. The van der Waals surface area contributed by atoms with Crippen LogP contribution in [0.3, 0.4) is 0 Å². The maximum Gasteiger partial charge on any atom is 0.244 e. The summed E-state index contributed by atoms with van der Waals surface area (Å²) in [7, 11) is -3.59. The summed E-state index contributed by atoms with van der Waals surface area (Å²) in [5.74, 6) is 1.02. The van der Waals surface area contributed by atoms with Crippen LogP contribution < -0.4 is 15.2 Å².